The van der Waals surface area contributed by atoms with Gasteiger partial charge in [0.05, 0.1) is 7.11 Å². The van der Waals surface area contributed by atoms with Gasteiger partial charge in [0.1, 0.15) is 11.6 Å². The molecular weight excluding hydrogens is 229 g/mol. The molecule has 1 atom stereocenters. The second-order valence-corrected chi connectivity index (χ2v) is 4.07. The second kappa shape index (κ2) is 5.51. The van der Waals surface area contributed by atoms with Gasteiger partial charge in [-0.25, -0.2) is 4.39 Å². The monoisotopic (exact) mass is 245 g/mol. The normalized spacial score (nSPS) is 17.2. The van der Waals surface area contributed by atoms with Crippen molar-refractivity contribution in [2.24, 2.45) is 11.7 Å². The van der Waals surface area contributed by atoms with Gasteiger partial charge in [-0.15, -0.1) is 12.4 Å². The molecule has 0 saturated heterocycles. The molecule has 2 nitrogen and oxygen atoms in total. The minimum absolute atomic E-state index is 0. The van der Waals surface area contributed by atoms with E-state index < -0.39 is 0 Å². The number of ether oxygens (including phenoxy) is 1. The first-order valence-electron chi connectivity index (χ1n) is 5.32. The number of methoxy groups -OCH3 is 1. The molecule has 0 heterocycles. The molecule has 0 aliphatic heterocycles. The van der Waals surface area contributed by atoms with E-state index in [-0.39, 0.29) is 24.3 Å². The fourth-order valence-electron chi connectivity index (χ4n) is 2.05. The van der Waals surface area contributed by atoms with Crippen LogP contribution >= 0.6 is 12.4 Å². The molecular formula is C12H17ClFNO. The maximum absolute atomic E-state index is 13.6. The Bertz CT molecular complexity index is 355. The van der Waals surface area contributed by atoms with Gasteiger partial charge in [-0.05, 0) is 30.9 Å². The average Bonchev–Trinajstić information content (AvgIpc) is 2.14. The van der Waals surface area contributed by atoms with Gasteiger partial charge >= 0.3 is 0 Å². The summed E-state index contributed by atoms with van der Waals surface area (Å²) in [5.74, 6) is 0.721. The summed E-state index contributed by atoms with van der Waals surface area (Å²) in [5, 5.41) is 0. The molecule has 1 aliphatic carbocycles. The van der Waals surface area contributed by atoms with Crippen LogP contribution in [0.3, 0.4) is 0 Å². The van der Waals surface area contributed by atoms with Crippen LogP contribution < -0.4 is 10.5 Å². The Morgan fingerprint density at radius 2 is 2.12 bits per heavy atom. The Morgan fingerprint density at radius 1 is 1.44 bits per heavy atom. The molecule has 1 fully saturated rings. The molecule has 0 radical (unpaired) electrons. The van der Waals surface area contributed by atoms with Gasteiger partial charge in [0.2, 0.25) is 0 Å². The third-order valence-corrected chi connectivity index (χ3v) is 3.22. The standard InChI is InChI=1S/C12H16FNO.ClH/c1-15-10-7-3-6-9(13)11(10)12(14)8-4-2-5-8;/h3,6-8,12H,2,4-5,14H2,1H3;1H/t12-;/m1./s1. The van der Waals surface area contributed by atoms with E-state index in [9.17, 15) is 4.39 Å². The highest BCUT2D eigenvalue weighted by molar-refractivity contribution is 5.85. The lowest BCUT2D eigenvalue weighted by atomic mass is 9.77. The summed E-state index contributed by atoms with van der Waals surface area (Å²) in [6.07, 6.45) is 3.40. The smallest absolute Gasteiger partial charge is 0.131 e. The third-order valence-electron chi connectivity index (χ3n) is 3.22. The molecule has 0 aromatic heterocycles. The van der Waals surface area contributed by atoms with Crippen molar-refractivity contribution in [3.63, 3.8) is 0 Å². The number of benzene rings is 1. The quantitative estimate of drug-likeness (QED) is 0.888. The third kappa shape index (κ3) is 2.30. The fourth-order valence-corrected chi connectivity index (χ4v) is 2.05. The Kier molecular flexibility index (Phi) is 4.56. The molecule has 0 bridgehead atoms. The summed E-state index contributed by atoms with van der Waals surface area (Å²) in [5.41, 5.74) is 6.59. The van der Waals surface area contributed by atoms with E-state index in [2.05, 4.69) is 0 Å². The van der Waals surface area contributed by atoms with Crippen LogP contribution in [0.1, 0.15) is 30.9 Å². The van der Waals surface area contributed by atoms with Gasteiger partial charge in [-0.2, -0.15) is 0 Å². The first-order valence-corrected chi connectivity index (χ1v) is 5.32. The van der Waals surface area contributed by atoms with Crippen LogP contribution in [0.5, 0.6) is 5.75 Å². The Hall–Kier alpha value is -0.800. The molecule has 1 aliphatic rings. The van der Waals surface area contributed by atoms with E-state index >= 15 is 0 Å². The Morgan fingerprint density at radius 3 is 2.62 bits per heavy atom. The first kappa shape index (κ1) is 13.3. The molecule has 2 N–H and O–H groups in total. The summed E-state index contributed by atoms with van der Waals surface area (Å²) in [4.78, 5) is 0. The lowest BCUT2D eigenvalue weighted by Gasteiger charge is -2.32. The van der Waals surface area contributed by atoms with Crippen LogP contribution in [0.25, 0.3) is 0 Å². The van der Waals surface area contributed by atoms with Crippen molar-refractivity contribution < 1.29 is 9.13 Å². The number of hydrogen-bond acceptors (Lipinski definition) is 2. The molecule has 1 aromatic carbocycles. The van der Waals surface area contributed by atoms with Crippen molar-refractivity contribution in [3.05, 3.63) is 29.6 Å². The van der Waals surface area contributed by atoms with Gasteiger partial charge in [-0.1, -0.05) is 12.5 Å². The van der Waals surface area contributed by atoms with Gasteiger partial charge in [0, 0.05) is 11.6 Å². The average molecular weight is 246 g/mol. The maximum Gasteiger partial charge on any atom is 0.131 e. The van der Waals surface area contributed by atoms with Crippen LogP contribution in [-0.4, -0.2) is 7.11 Å². The topological polar surface area (TPSA) is 35.2 Å². The van der Waals surface area contributed by atoms with E-state index in [1.807, 2.05) is 0 Å². The number of rotatable bonds is 3. The van der Waals surface area contributed by atoms with Crippen LogP contribution in [0, 0.1) is 11.7 Å². The molecule has 1 saturated carbocycles. The Balaban J connectivity index is 0.00000128. The molecule has 2 rings (SSSR count). The van der Waals surface area contributed by atoms with Crippen molar-refractivity contribution in [2.45, 2.75) is 25.3 Å². The van der Waals surface area contributed by atoms with E-state index in [0.29, 0.717) is 17.2 Å². The fraction of sp³-hybridized carbons (Fsp3) is 0.500. The minimum Gasteiger partial charge on any atom is -0.496 e. The molecule has 0 spiro atoms. The van der Waals surface area contributed by atoms with E-state index in [1.54, 1.807) is 19.2 Å². The highest BCUT2D eigenvalue weighted by atomic mass is 35.5. The predicted octanol–water partition coefficient (Wildman–Crippen LogP) is 3.06. The number of nitrogens with two attached hydrogens (primary N) is 1. The molecule has 16 heavy (non-hydrogen) atoms. The molecule has 90 valence electrons. The van der Waals surface area contributed by atoms with Gasteiger partial charge in [0.25, 0.3) is 0 Å². The molecule has 0 amide bonds. The highest BCUT2D eigenvalue weighted by Crippen LogP contribution is 2.40. The SMILES string of the molecule is COc1cccc(F)c1[C@H](N)C1CCC1.Cl. The first-order chi connectivity index (χ1) is 7.24. The van der Waals surface area contributed by atoms with Gasteiger partial charge in [-0.3, -0.25) is 0 Å². The van der Waals surface area contributed by atoms with Gasteiger partial charge < -0.3 is 10.5 Å². The van der Waals surface area contributed by atoms with Crippen LogP contribution in [0.15, 0.2) is 18.2 Å². The summed E-state index contributed by atoms with van der Waals surface area (Å²) >= 11 is 0. The van der Waals surface area contributed by atoms with E-state index in [1.165, 1.54) is 12.5 Å². The van der Waals surface area contributed by atoms with Crippen LogP contribution in [0.4, 0.5) is 4.39 Å². The molecule has 1 aromatic rings. The Labute approximate surface area is 101 Å². The van der Waals surface area contributed by atoms with Gasteiger partial charge in [0.15, 0.2) is 0 Å². The van der Waals surface area contributed by atoms with Crippen molar-refractivity contribution in [3.8, 4) is 5.75 Å². The number of halogens is 2. The lowest BCUT2D eigenvalue weighted by Crippen LogP contribution is -2.28. The zero-order valence-corrected chi connectivity index (χ0v) is 10.1. The summed E-state index contributed by atoms with van der Waals surface area (Å²) in [6.45, 7) is 0. The van der Waals surface area contributed by atoms with E-state index in [4.69, 9.17) is 10.5 Å². The second-order valence-electron chi connectivity index (χ2n) is 4.07. The maximum atomic E-state index is 13.6. The van der Waals surface area contributed by atoms with Crippen LogP contribution in [0.2, 0.25) is 0 Å². The van der Waals surface area contributed by atoms with Crippen LogP contribution in [-0.2, 0) is 0 Å². The lowest BCUT2D eigenvalue weighted by molar-refractivity contribution is 0.255. The molecule has 0 unspecified atom stereocenters. The summed E-state index contributed by atoms with van der Waals surface area (Å²) in [7, 11) is 1.55. The zero-order chi connectivity index (χ0) is 10.8. The van der Waals surface area contributed by atoms with Crippen molar-refractivity contribution in [1.29, 1.82) is 0 Å². The highest BCUT2D eigenvalue weighted by Gasteiger charge is 2.29. The zero-order valence-electron chi connectivity index (χ0n) is 9.28. The summed E-state index contributed by atoms with van der Waals surface area (Å²) < 4.78 is 18.8. The summed E-state index contributed by atoms with van der Waals surface area (Å²) in [6, 6.07) is 4.62. The van der Waals surface area contributed by atoms with Crippen molar-refractivity contribution in [2.75, 3.05) is 7.11 Å². The van der Waals surface area contributed by atoms with E-state index in [0.717, 1.165) is 12.8 Å². The minimum atomic E-state index is -0.256. The number of hydrogen-bond donors (Lipinski definition) is 1. The predicted molar refractivity (Wildman–Crippen MR) is 64.5 cm³/mol. The molecule has 4 heteroatoms. The largest absolute Gasteiger partial charge is 0.496 e. The van der Waals surface area contributed by atoms with Crippen molar-refractivity contribution >= 4 is 12.4 Å². The van der Waals surface area contributed by atoms with Crippen molar-refractivity contribution in [1.82, 2.24) is 0 Å².